The minimum atomic E-state index is -3.72. The van der Waals surface area contributed by atoms with Gasteiger partial charge in [0.2, 0.25) is 0 Å². The number of sulfonamides is 1. The number of nitrogens with zero attached hydrogens (tertiary/aromatic N) is 1. The zero-order chi connectivity index (χ0) is 16.3. The van der Waals surface area contributed by atoms with Crippen LogP contribution in [0, 0.1) is 0 Å². The van der Waals surface area contributed by atoms with Gasteiger partial charge in [0.15, 0.2) is 0 Å². The molecule has 0 atom stereocenters. The average molecular weight is 328 g/mol. The number of rotatable bonds is 5. The van der Waals surface area contributed by atoms with Crippen LogP contribution in [0.4, 0.5) is 5.69 Å². The first-order valence-electron chi connectivity index (χ1n) is 7.20. The maximum Gasteiger partial charge on any atom is 0.262 e. The molecule has 23 heavy (non-hydrogen) atoms. The SMILES string of the molecule is CCOc1ccc(S(=O)(=O)Nc2ccccc2)c2cccnc12. The minimum Gasteiger partial charge on any atom is -0.492 e. The van der Waals surface area contributed by atoms with Crippen LogP contribution in [-0.2, 0) is 10.0 Å². The highest BCUT2D eigenvalue weighted by atomic mass is 32.2. The van der Waals surface area contributed by atoms with E-state index in [0.717, 1.165) is 0 Å². The third kappa shape index (κ3) is 3.12. The van der Waals surface area contributed by atoms with Crippen molar-refractivity contribution in [2.75, 3.05) is 11.3 Å². The van der Waals surface area contributed by atoms with Crippen LogP contribution in [-0.4, -0.2) is 20.0 Å². The van der Waals surface area contributed by atoms with Crippen molar-refractivity contribution in [1.29, 1.82) is 0 Å². The molecule has 0 spiro atoms. The summed E-state index contributed by atoms with van der Waals surface area (Å²) in [5.74, 6) is 0.571. The number of aromatic nitrogens is 1. The van der Waals surface area contributed by atoms with Crippen molar-refractivity contribution in [2.45, 2.75) is 11.8 Å². The molecule has 0 radical (unpaired) electrons. The average Bonchev–Trinajstić information content (AvgIpc) is 2.56. The van der Waals surface area contributed by atoms with E-state index in [9.17, 15) is 8.42 Å². The van der Waals surface area contributed by atoms with E-state index >= 15 is 0 Å². The molecule has 3 rings (SSSR count). The van der Waals surface area contributed by atoms with Crippen LogP contribution in [0.2, 0.25) is 0 Å². The Morgan fingerprint density at radius 2 is 1.83 bits per heavy atom. The molecule has 0 amide bonds. The molecule has 0 fully saturated rings. The van der Waals surface area contributed by atoms with E-state index in [1.165, 1.54) is 0 Å². The lowest BCUT2D eigenvalue weighted by Gasteiger charge is -2.12. The van der Waals surface area contributed by atoms with Crippen molar-refractivity contribution >= 4 is 26.6 Å². The molecule has 3 aromatic rings. The largest absolute Gasteiger partial charge is 0.492 e. The predicted octanol–water partition coefficient (Wildman–Crippen LogP) is 3.43. The highest BCUT2D eigenvalue weighted by molar-refractivity contribution is 7.93. The van der Waals surface area contributed by atoms with Gasteiger partial charge in [0.05, 0.1) is 11.5 Å². The maximum atomic E-state index is 12.7. The quantitative estimate of drug-likeness (QED) is 0.779. The number of hydrogen-bond acceptors (Lipinski definition) is 4. The predicted molar refractivity (Wildman–Crippen MR) is 90.2 cm³/mol. The fourth-order valence-electron chi connectivity index (χ4n) is 2.34. The molecule has 0 bridgehead atoms. The second-order valence-electron chi connectivity index (χ2n) is 4.87. The first-order chi connectivity index (χ1) is 11.1. The Kier molecular flexibility index (Phi) is 4.16. The van der Waals surface area contributed by atoms with E-state index in [1.54, 1.807) is 54.7 Å². The Balaban J connectivity index is 2.11. The summed E-state index contributed by atoms with van der Waals surface area (Å²) in [5, 5.41) is 0.530. The minimum absolute atomic E-state index is 0.174. The third-order valence-electron chi connectivity index (χ3n) is 3.31. The summed E-state index contributed by atoms with van der Waals surface area (Å²) in [4.78, 5) is 4.44. The van der Waals surface area contributed by atoms with Gasteiger partial charge in [-0.15, -0.1) is 0 Å². The summed E-state index contributed by atoms with van der Waals surface area (Å²) >= 11 is 0. The number of nitrogens with one attached hydrogen (secondary N) is 1. The molecule has 118 valence electrons. The summed E-state index contributed by atoms with van der Waals surface area (Å²) in [6, 6.07) is 15.4. The van der Waals surface area contributed by atoms with Gasteiger partial charge < -0.3 is 4.74 Å². The third-order valence-corrected chi connectivity index (χ3v) is 4.75. The number of pyridine rings is 1. The summed E-state index contributed by atoms with van der Waals surface area (Å²) in [6.07, 6.45) is 1.62. The summed E-state index contributed by atoms with van der Waals surface area (Å²) in [5.41, 5.74) is 1.05. The first-order valence-corrected chi connectivity index (χ1v) is 8.68. The Morgan fingerprint density at radius 3 is 2.57 bits per heavy atom. The number of hydrogen-bond donors (Lipinski definition) is 1. The van der Waals surface area contributed by atoms with Crippen molar-refractivity contribution < 1.29 is 13.2 Å². The van der Waals surface area contributed by atoms with Gasteiger partial charge in [0.1, 0.15) is 11.3 Å². The smallest absolute Gasteiger partial charge is 0.262 e. The van der Waals surface area contributed by atoms with Crippen molar-refractivity contribution in [3.8, 4) is 5.75 Å². The van der Waals surface area contributed by atoms with Gasteiger partial charge in [-0.25, -0.2) is 8.42 Å². The Hall–Kier alpha value is -2.60. The van der Waals surface area contributed by atoms with Gasteiger partial charge in [0, 0.05) is 17.3 Å². The van der Waals surface area contributed by atoms with Crippen molar-refractivity contribution in [2.24, 2.45) is 0 Å². The van der Waals surface area contributed by atoms with E-state index < -0.39 is 10.0 Å². The maximum absolute atomic E-state index is 12.7. The van der Waals surface area contributed by atoms with Crippen LogP contribution in [0.1, 0.15) is 6.92 Å². The molecule has 6 heteroatoms. The summed E-state index contributed by atoms with van der Waals surface area (Å²) in [7, 11) is -3.72. The van der Waals surface area contributed by atoms with Crippen LogP contribution in [0.3, 0.4) is 0 Å². The monoisotopic (exact) mass is 328 g/mol. The normalized spacial score (nSPS) is 11.3. The topological polar surface area (TPSA) is 68.3 Å². The second-order valence-corrected chi connectivity index (χ2v) is 6.52. The highest BCUT2D eigenvalue weighted by Gasteiger charge is 2.19. The highest BCUT2D eigenvalue weighted by Crippen LogP contribution is 2.30. The van der Waals surface area contributed by atoms with Crippen LogP contribution in [0.25, 0.3) is 10.9 Å². The Morgan fingerprint density at radius 1 is 1.04 bits per heavy atom. The molecule has 0 saturated heterocycles. The first kappa shape index (κ1) is 15.3. The van der Waals surface area contributed by atoms with Gasteiger partial charge in [-0.3, -0.25) is 9.71 Å². The second kappa shape index (κ2) is 6.26. The Bertz CT molecular complexity index is 925. The molecule has 0 aliphatic carbocycles. The zero-order valence-electron chi connectivity index (χ0n) is 12.6. The molecule has 0 aliphatic heterocycles. The zero-order valence-corrected chi connectivity index (χ0v) is 13.4. The molecule has 0 saturated carbocycles. The van der Waals surface area contributed by atoms with Gasteiger partial charge in [0.25, 0.3) is 10.0 Å². The molecule has 1 N–H and O–H groups in total. The summed E-state index contributed by atoms with van der Waals surface area (Å²) in [6.45, 7) is 2.36. The van der Waals surface area contributed by atoms with E-state index in [0.29, 0.717) is 28.9 Å². The number of fused-ring (bicyclic) bond motifs is 1. The van der Waals surface area contributed by atoms with Crippen molar-refractivity contribution in [3.63, 3.8) is 0 Å². The fraction of sp³-hybridized carbons (Fsp3) is 0.118. The van der Waals surface area contributed by atoms with Crippen LogP contribution < -0.4 is 9.46 Å². The molecule has 2 aromatic carbocycles. The standard InChI is InChI=1S/C17H16N2O3S/c1-2-22-15-10-11-16(14-9-6-12-18-17(14)15)23(20,21)19-13-7-4-3-5-8-13/h3-12,19H,2H2,1H3. The number of anilines is 1. The van der Waals surface area contributed by atoms with Gasteiger partial charge in [-0.05, 0) is 43.3 Å². The molecular formula is C17H16N2O3S. The van der Waals surface area contributed by atoms with Gasteiger partial charge in [-0.1, -0.05) is 18.2 Å². The molecule has 0 aliphatic rings. The summed E-state index contributed by atoms with van der Waals surface area (Å²) < 4.78 is 33.5. The van der Waals surface area contributed by atoms with E-state index in [2.05, 4.69) is 9.71 Å². The number of benzene rings is 2. The Labute approximate surface area is 135 Å². The molecule has 0 unspecified atom stereocenters. The van der Waals surface area contributed by atoms with E-state index in [4.69, 9.17) is 4.74 Å². The molecule has 1 aromatic heterocycles. The lowest BCUT2D eigenvalue weighted by Crippen LogP contribution is -2.13. The van der Waals surface area contributed by atoms with Crippen LogP contribution in [0.5, 0.6) is 5.75 Å². The van der Waals surface area contributed by atoms with Crippen molar-refractivity contribution in [1.82, 2.24) is 4.98 Å². The van der Waals surface area contributed by atoms with Crippen LogP contribution in [0.15, 0.2) is 65.7 Å². The van der Waals surface area contributed by atoms with Gasteiger partial charge >= 0.3 is 0 Å². The number of para-hydroxylation sites is 1. The molecular weight excluding hydrogens is 312 g/mol. The lowest BCUT2D eigenvalue weighted by atomic mass is 10.2. The van der Waals surface area contributed by atoms with E-state index in [1.807, 2.05) is 13.0 Å². The lowest BCUT2D eigenvalue weighted by molar-refractivity contribution is 0.343. The van der Waals surface area contributed by atoms with Gasteiger partial charge in [-0.2, -0.15) is 0 Å². The fourth-order valence-corrected chi connectivity index (χ4v) is 3.60. The van der Waals surface area contributed by atoms with Crippen LogP contribution >= 0.6 is 0 Å². The molecule has 5 nitrogen and oxygen atoms in total. The molecule has 1 heterocycles. The number of ether oxygens (including phenoxy) is 1. The van der Waals surface area contributed by atoms with E-state index in [-0.39, 0.29) is 4.90 Å². The van der Waals surface area contributed by atoms with Crippen molar-refractivity contribution in [3.05, 3.63) is 60.8 Å².